The van der Waals surface area contributed by atoms with E-state index in [0.29, 0.717) is 18.8 Å². The SMILES string of the molecule is CCN(CC)S(=O)(=O)Nc1ccc(C#CCO)cc1. The van der Waals surface area contributed by atoms with Crippen LogP contribution in [-0.4, -0.2) is 37.5 Å². The molecule has 0 bridgehead atoms. The first kappa shape index (κ1) is 15.5. The van der Waals surface area contributed by atoms with Gasteiger partial charge in [-0.2, -0.15) is 12.7 Å². The summed E-state index contributed by atoms with van der Waals surface area (Å²) in [6.07, 6.45) is 0. The zero-order valence-corrected chi connectivity index (χ0v) is 11.9. The van der Waals surface area contributed by atoms with Crippen LogP contribution >= 0.6 is 0 Å². The Morgan fingerprint density at radius 1 is 1.21 bits per heavy atom. The smallest absolute Gasteiger partial charge is 0.301 e. The number of rotatable bonds is 5. The van der Waals surface area contributed by atoms with Gasteiger partial charge < -0.3 is 5.11 Å². The van der Waals surface area contributed by atoms with Gasteiger partial charge in [-0.3, -0.25) is 4.72 Å². The maximum atomic E-state index is 12.0. The summed E-state index contributed by atoms with van der Waals surface area (Å²) in [5, 5.41) is 8.58. The van der Waals surface area contributed by atoms with Crippen molar-refractivity contribution in [2.75, 3.05) is 24.4 Å². The van der Waals surface area contributed by atoms with Gasteiger partial charge in [0.25, 0.3) is 0 Å². The molecule has 0 atom stereocenters. The lowest BCUT2D eigenvalue weighted by molar-refractivity contribution is 0.350. The first-order chi connectivity index (χ1) is 9.03. The Bertz CT molecular complexity index is 552. The van der Waals surface area contributed by atoms with Gasteiger partial charge in [0.2, 0.25) is 0 Å². The van der Waals surface area contributed by atoms with Crippen LogP contribution in [0.2, 0.25) is 0 Å². The molecule has 0 unspecified atom stereocenters. The predicted molar refractivity (Wildman–Crippen MR) is 75.9 cm³/mol. The van der Waals surface area contributed by atoms with E-state index in [-0.39, 0.29) is 6.61 Å². The van der Waals surface area contributed by atoms with Gasteiger partial charge in [-0.25, -0.2) is 0 Å². The maximum absolute atomic E-state index is 12.0. The minimum Gasteiger partial charge on any atom is -0.384 e. The van der Waals surface area contributed by atoms with E-state index in [9.17, 15) is 8.42 Å². The van der Waals surface area contributed by atoms with Gasteiger partial charge in [0.05, 0.1) is 0 Å². The van der Waals surface area contributed by atoms with Crippen LogP contribution in [0.4, 0.5) is 5.69 Å². The van der Waals surface area contributed by atoms with Gasteiger partial charge in [-0.15, -0.1) is 0 Å². The fourth-order valence-electron chi connectivity index (χ4n) is 1.54. The van der Waals surface area contributed by atoms with E-state index in [1.54, 1.807) is 38.1 Å². The zero-order chi connectivity index (χ0) is 14.3. The van der Waals surface area contributed by atoms with Gasteiger partial charge in [0.15, 0.2) is 0 Å². The second-order valence-electron chi connectivity index (χ2n) is 3.73. The lowest BCUT2D eigenvalue weighted by atomic mass is 10.2. The van der Waals surface area contributed by atoms with Crippen molar-refractivity contribution in [3.8, 4) is 11.8 Å². The Morgan fingerprint density at radius 2 is 1.79 bits per heavy atom. The number of nitrogens with one attached hydrogen (secondary N) is 1. The number of aliphatic hydroxyl groups is 1. The highest BCUT2D eigenvalue weighted by Crippen LogP contribution is 2.12. The van der Waals surface area contributed by atoms with E-state index in [1.165, 1.54) is 4.31 Å². The van der Waals surface area contributed by atoms with Gasteiger partial charge in [-0.1, -0.05) is 25.7 Å². The standard InChI is InChI=1S/C13H18N2O3S/c1-3-15(4-2)19(17,18)14-13-9-7-12(8-10-13)6-5-11-16/h7-10,14,16H,3-4,11H2,1-2H3. The third kappa shape index (κ3) is 4.56. The summed E-state index contributed by atoms with van der Waals surface area (Å²) in [6.45, 7) is 4.22. The number of nitrogens with zero attached hydrogens (tertiary/aromatic N) is 1. The monoisotopic (exact) mass is 282 g/mol. The third-order valence-corrected chi connectivity index (χ3v) is 4.18. The maximum Gasteiger partial charge on any atom is 0.301 e. The Hall–Kier alpha value is -1.55. The van der Waals surface area contributed by atoms with E-state index < -0.39 is 10.2 Å². The van der Waals surface area contributed by atoms with E-state index in [2.05, 4.69) is 16.6 Å². The number of hydrogen-bond donors (Lipinski definition) is 2. The minimum atomic E-state index is -3.50. The normalized spacial score (nSPS) is 10.9. The van der Waals surface area contributed by atoms with Crippen LogP contribution in [0.25, 0.3) is 0 Å². The molecule has 5 nitrogen and oxygen atoms in total. The van der Waals surface area contributed by atoms with Crippen LogP contribution in [-0.2, 0) is 10.2 Å². The van der Waals surface area contributed by atoms with Crippen LogP contribution in [0.1, 0.15) is 19.4 Å². The van der Waals surface area contributed by atoms with Crippen LogP contribution < -0.4 is 4.72 Å². The molecule has 0 saturated carbocycles. The van der Waals surface area contributed by atoms with E-state index >= 15 is 0 Å². The van der Waals surface area contributed by atoms with Gasteiger partial charge in [0.1, 0.15) is 6.61 Å². The molecule has 0 saturated heterocycles. The summed E-state index contributed by atoms with van der Waals surface area (Å²) in [7, 11) is -3.50. The average Bonchev–Trinajstić information content (AvgIpc) is 2.38. The molecule has 0 amide bonds. The molecule has 0 radical (unpaired) electrons. The minimum absolute atomic E-state index is 0.198. The number of hydrogen-bond acceptors (Lipinski definition) is 3. The fraction of sp³-hybridized carbons (Fsp3) is 0.385. The molecular formula is C13H18N2O3S. The number of aliphatic hydroxyl groups excluding tert-OH is 1. The largest absolute Gasteiger partial charge is 0.384 e. The highest BCUT2D eigenvalue weighted by molar-refractivity contribution is 7.90. The Balaban J connectivity index is 2.83. The Kier molecular flexibility index (Phi) is 5.83. The molecule has 0 aliphatic carbocycles. The molecule has 0 fully saturated rings. The van der Waals surface area contributed by atoms with Crippen molar-refractivity contribution in [1.29, 1.82) is 0 Å². The molecule has 2 N–H and O–H groups in total. The highest BCUT2D eigenvalue weighted by atomic mass is 32.2. The van der Waals surface area contributed by atoms with Crippen molar-refractivity contribution in [3.05, 3.63) is 29.8 Å². The first-order valence-corrected chi connectivity index (χ1v) is 7.45. The van der Waals surface area contributed by atoms with Crippen molar-refractivity contribution in [2.24, 2.45) is 0 Å². The highest BCUT2D eigenvalue weighted by Gasteiger charge is 2.17. The molecule has 19 heavy (non-hydrogen) atoms. The summed E-state index contributed by atoms with van der Waals surface area (Å²) in [5.41, 5.74) is 1.21. The molecule has 1 aromatic carbocycles. The van der Waals surface area contributed by atoms with Crippen LogP contribution in [0.3, 0.4) is 0 Å². The lowest BCUT2D eigenvalue weighted by Crippen LogP contribution is -2.35. The molecular weight excluding hydrogens is 264 g/mol. The van der Waals surface area contributed by atoms with E-state index in [1.807, 2.05) is 0 Å². The molecule has 6 heteroatoms. The molecule has 0 aromatic heterocycles. The molecule has 1 rings (SSSR count). The van der Waals surface area contributed by atoms with Crippen molar-refractivity contribution in [1.82, 2.24) is 4.31 Å². The topological polar surface area (TPSA) is 69.6 Å². The third-order valence-electron chi connectivity index (χ3n) is 2.49. The second-order valence-corrected chi connectivity index (χ2v) is 5.40. The lowest BCUT2D eigenvalue weighted by Gasteiger charge is -2.19. The quantitative estimate of drug-likeness (QED) is 0.793. The van der Waals surface area contributed by atoms with E-state index in [0.717, 1.165) is 5.56 Å². The summed E-state index contributed by atoms with van der Waals surface area (Å²) < 4.78 is 27.8. The average molecular weight is 282 g/mol. The van der Waals surface area contributed by atoms with Crippen molar-refractivity contribution in [3.63, 3.8) is 0 Å². The summed E-state index contributed by atoms with van der Waals surface area (Å²) >= 11 is 0. The van der Waals surface area contributed by atoms with Gasteiger partial charge >= 0.3 is 10.2 Å². The number of benzene rings is 1. The molecule has 1 aromatic rings. The predicted octanol–water partition coefficient (Wildman–Crippen LogP) is 1.03. The van der Waals surface area contributed by atoms with Gasteiger partial charge in [-0.05, 0) is 24.3 Å². The van der Waals surface area contributed by atoms with Crippen LogP contribution in [0.15, 0.2) is 24.3 Å². The molecule has 0 heterocycles. The van der Waals surface area contributed by atoms with Crippen molar-refractivity contribution in [2.45, 2.75) is 13.8 Å². The second kappa shape index (κ2) is 7.14. The molecule has 0 spiro atoms. The van der Waals surface area contributed by atoms with Crippen LogP contribution in [0.5, 0.6) is 0 Å². The zero-order valence-electron chi connectivity index (χ0n) is 11.0. The summed E-state index contributed by atoms with van der Waals surface area (Å²) in [5.74, 6) is 5.27. The fourth-order valence-corrected chi connectivity index (χ4v) is 2.78. The Labute approximate surface area is 114 Å². The van der Waals surface area contributed by atoms with Crippen LogP contribution in [0, 0.1) is 11.8 Å². The summed E-state index contributed by atoms with van der Waals surface area (Å²) in [4.78, 5) is 0. The molecule has 104 valence electrons. The Morgan fingerprint density at radius 3 is 2.26 bits per heavy atom. The van der Waals surface area contributed by atoms with Gasteiger partial charge in [0, 0.05) is 24.3 Å². The molecule has 0 aliphatic rings. The number of anilines is 1. The molecule has 0 aliphatic heterocycles. The first-order valence-electron chi connectivity index (χ1n) is 6.01. The van der Waals surface area contributed by atoms with Crippen molar-refractivity contribution >= 4 is 15.9 Å². The van der Waals surface area contributed by atoms with E-state index in [4.69, 9.17) is 5.11 Å². The van der Waals surface area contributed by atoms with Crippen molar-refractivity contribution < 1.29 is 13.5 Å². The summed E-state index contributed by atoms with van der Waals surface area (Å²) in [6, 6.07) is 6.68.